The van der Waals surface area contributed by atoms with Crippen molar-refractivity contribution in [3.8, 4) is 45.1 Å². The molecule has 10 heteroatoms. The van der Waals surface area contributed by atoms with Crippen LogP contribution in [0.3, 0.4) is 0 Å². The molecule has 0 aliphatic heterocycles. The molecule has 0 bridgehead atoms. The molecule has 0 spiro atoms. The molecule has 190 valence electrons. The number of aromatic nitrogens is 3. The number of carbonyl (C=O) groups excluding carboxylic acids is 1. The summed E-state index contributed by atoms with van der Waals surface area (Å²) in [5, 5.41) is 0.547. The van der Waals surface area contributed by atoms with Crippen LogP contribution in [0.15, 0.2) is 71.8 Å². The monoisotopic (exact) mass is 549 g/mol. The number of hydrogen-bond acceptors (Lipinski definition) is 6. The number of halogens is 3. The minimum atomic E-state index is -0.532. The maximum atomic E-state index is 14.9. The number of hydrogen-bond donors (Lipinski definition) is 0. The van der Waals surface area contributed by atoms with Crippen LogP contribution in [-0.4, -0.2) is 34.9 Å². The Morgan fingerprint density at radius 3 is 2.39 bits per heavy atom. The maximum absolute atomic E-state index is 14.9. The first-order valence-electron chi connectivity index (χ1n) is 11.2. The van der Waals surface area contributed by atoms with Gasteiger partial charge >= 0.3 is 0 Å². The summed E-state index contributed by atoms with van der Waals surface area (Å²) in [5.74, 6) is -0.272. The molecule has 3 aromatic heterocycles. The van der Waals surface area contributed by atoms with Crippen LogP contribution < -0.4 is 15.0 Å². The summed E-state index contributed by atoms with van der Waals surface area (Å²) < 4.78 is 26.5. The number of benzene rings is 2. The average molecular weight is 550 g/mol. The molecule has 0 radical (unpaired) electrons. The van der Waals surface area contributed by atoms with Crippen LogP contribution >= 0.6 is 23.2 Å². The van der Waals surface area contributed by atoms with Crippen molar-refractivity contribution in [1.29, 1.82) is 0 Å². The molecular weight excluding hydrogens is 532 g/mol. The van der Waals surface area contributed by atoms with E-state index in [1.807, 2.05) is 0 Å². The number of fused-ring (bicyclic) bond motifs is 1. The van der Waals surface area contributed by atoms with Crippen molar-refractivity contribution in [2.24, 2.45) is 0 Å². The standard InChI is InChI=1S/C28H18Cl2FN3O4/c1-37-23-13-32-24-10-15(8-9-34(24)28(23)36)20-11-17(31)12-21(26(20)30)18-4-3-5-19(25(18)29)22-7-6-16(14-35)27(33-22)38-2/h3-14H,1-2H3. The number of pyridine rings is 2. The summed E-state index contributed by atoms with van der Waals surface area (Å²) in [6, 6.07) is 14.3. The Hall–Kier alpha value is -4.27. The van der Waals surface area contributed by atoms with Gasteiger partial charge in [0.05, 0.1) is 41.7 Å². The molecule has 0 fully saturated rings. The molecule has 0 atom stereocenters. The van der Waals surface area contributed by atoms with Gasteiger partial charge in [-0.2, -0.15) is 0 Å². The molecule has 0 amide bonds. The smallest absolute Gasteiger partial charge is 0.300 e. The second-order valence-corrected chi connectivity index (χ2v) is 8.93. The van der Waals surface area contributed by atoms with Crippen molar-refractivity contribution in [2.45, 2.75) is 0 Å². The first kappa shape index (κ1) is 25.4. The number of methoxy groups -OCH3 is 2. The fourth-order valence-electron chi connectivity index (χ4n) is 4.15. The molecule has 0 saturated carbocycles. The predicted molar refractivity (Wildman–Crippen MR) is 144 cm³/mol. The lowest BCUT2D eigenvalue weighted by Crippen LogP contribution is -2.16. The van der Waals surface area contributed by atoms with E-state index in [2.05, 4.69) is 9.97 Å². The van der Waals surface area contributed by atoms with Crippen LogP contribution in [0.2, 0.25) is 10.0 Å². The van der Waals surface area contributed by atoms with Crippen LogP contribution in [0, 0.1) is 5.82 Å². The molecule has 2 aromatic carbocycles. The van der Waals surface area contributed by atoms with E-state index >= 15 is 0 Å². The van der Waals surface area contributed by atoms with Gasteiger partial charge in [-0.05, 0) is 42.0 Å². The Bertz CT molecular complexity index is 1790. The number of rotatable bonds is 6. The molecule has 7 nitrogen and oxygen atoms in total. The third-order valence-electron chi connectivity index (χ3n) is 6.02. The van der Waals surface area contributed by atoms with Crippen LogP contribution in [0.5, 0.6) is 11.6 Å². The highest BCUT2D eigenvalue weighted by Crippen LogP contribution is 2.43. The number of ether oxygens (including phenoxy) is 2. The summed E-state index contributed by atoms with van der Waals surface area (Å²) >= 11 is 13.6. The maximum Gasteiger partial charge on any atom is 0.300 e. The molecule has 5 rings (SSSR count). The minimum Gasteiger partial charge on any atom is -0.490 e. The zero-order chi connectivity index (χ0) is 27.0. The van der Waals surface area contributed by atoms with Gasteiger partial charge in [-0.1, -0.05) is 41.4 Å². The number of aldehydes is 1. The zero-order valence-corrected chi connectivity index (χ0v) is 21.5. The number of nitrogens with zero attached hydrogens (tertiary/aromatic N) is 3. The summed E-state index contributed by atoms with van der Waals surface area (Å²) in [7, 11) is 2.81. The van der Waals surface area contributed by atoms with Crippen LogP contribution in [0.1, 0.15) is 10.4 Å². The van der Waals surface area contributed by atoms with Gasteiger partial charge in [0.15, 0.2) is 6.29 Å². The van der Waals surface area contributed by atoms with Gasteiger partial charge in [0.1, 0.15) is 11.5 Å². The van der Waals surface area contributed by atoms with Crippen molar-refractivity contribution in [3.05, 3.63) is 98.8 Å². The van der Waals surface area contributed by atoms with Gasteiger partial charge in [0.2, 0.25) is 11.6 Å². The first-order chi connectivity index (χ1) is 18.4. The van der Waals surface area contributed by atoms with E-state index < -0.39 is 5.82 Å². The summed E-state index contributed by atoms with van der Waals surface area (Å²) in [5.41, 5.74) is 3.08. The normalized spacial score (nSPS) is 11.0. The third kappa shape index (κ3) is 4.38. The highest BCUT2D eigenvalue weighted by Gasteiger charge is 2.19. The second-order valence-electron chi connectivity index (χ2n) is 8.17. The van der Waals surface area contributed by atoms with Crippen molar-refractivity contribution in [3.63, 3.8) is 0 Å². The molecule has 0 aliphatic carbocycles. The van der Waals surface area contributed by atoms with Gasteiger partial charge in [0, 0.05) is 28.5 Å². The minimum absolute atomic E-state index is 0.101. The molecule has 0 unspecified atom stereocenters. The van der Waals surface area contributed by atoms with E-state index in [0.717, 1.165) is 0 Å². The van der Waals surface area contributed by atoms with Gasteiger partial charge < -0.3 is 9.47 Å². The molecule has 0 saturated heterocycles. The van der Waals surface area contributed by atoms with Crippen molar-refractivity contribution >= 4 is 35.1 Å². The highest BCUT2D eigenvalue weighted by molar-refractivity contribution is 6.39. The quantitative estimate of drug-likeness (QED) is 0.229. The Morgan fingerprint density at radius 2 is 1.66 bits per heavy atom. The lowest BCUT2D eigenvalue weighted by Gasteiger charge is -2.15. The van der Waals surface area contributed by atoms with E-state index in [1.165, 1.54) is 43.1 Å². The molecule has 38 heavy (non-hydrogen) atoms. The third-order valence-corrected chi connectivity index (χ3v) is 6.84. The Labute approximate surface area is 226 Å². The Kier molecular flexibility index (Phi) is 6.84. The van der Waals surface area contributed by atoms with E-state index in [4.69, 9.17) is 32.7 Å². The molecule has 0 aliphatic rings. The van der Waals surface area contributed by atoms with Crippen LogP contribution in [-0.2, 0) is 0 Å². The van der Waals surface area contributed by atoms with E-state index in [0.29, 0.717) is 51.0 Å². The van der Waals surface area contributed by atoms with E-state index in [9.17, 15) is 14.0 Å². The lowest BCUT2D eigenvalue weighted by atomic mass is 9.96. The van der Waals surface area contributed by atoms with Crippen LogP contribution in [0.4, 0.5) is 4.39 Å². The van der Waals surface area contributed by atoms with Gasteiger partial charge in [-0.25, -0.2) is 14.4 Å². The van der Waals surface area contributed by atoms with Crippen molar-refractivity contribution in [2.75, 3.05) is 14.2 Å². The Morgan fingerprint density at radius 1 is 0.921 bits per heavy atom. The summed E-state index contributed by atoms with van der Waals surface area (Å²) in [4.78, 5) is 32.4. The summed E-state index contributed by atoms with van der Waals surface area (Å²) in [6.45, 7) is 0. The molecule has 0 N–H and O–H groups in total. The van der Waals surface area contributed by atoms with Crippen molar-refractivity contribution < 1.29 is 18.7 Å². The Balaban J connectivity index is 1.65. The van der Waals surface area contributed by atoms with Gasteiger partial charge in [-0.15, -0.1) is 0 Å². The fourth-order valence-corrected chi connectivity index (χ4v) is 4.80. The average Bonchev–Trinajstić information content (AvgIpc) is 2.94. The number of carbonyl (C=O) groups is 1. The predicted octanol–water partition coefficient (Wildman–Crippen LogP) is 6.37. The largest absolute Gasteiger partial charge is 0.490 e. The van der Waals surface area contributed by atoms with E-state index in [-0.39, 0.29) is 27.2 Å². The molecule has 5 aromatic rings. The van der Waals surface area contributed by atoms with Gasteiger partial charge in [-0.3, -0.25) is 14.0 Å². The lowest BCUT2D eigenvalue weighted by molar-refractivity contribution is 0.112. The van der Waals surface area contributed by atoms with Crippen molar-refractivity contribution in [1.82, 2.24) is 14.4 Å². The zero-order valence-electron chi connectivity index (χ0n) is 20.0. The van der Waals surface area contributed by atoms with Gasteiger partial charge in [0.25, 0.3) is 5.56 Å². The molecule has 3 heterocycles. The highest BCUT2D eigenvalue weighted by atomic mass is 35.5. The summed E-state index contributed by atoms with van der Waals surface area (Å²) in [6.07, 6.45) is 3.51. The van der Waals surface area contributed by atoms with E-state index in [1.54, 1.807) is 42.5 Å². The first-order valence-corrected chi connectivity index (χ1v) is 12.0. The topological polar surface area (TPSA) is 82.8 Å². The molecular formula is C28H18Cl2FN3O4. The fraction of sp³-hybridized carbons (Fsp3) is 0.0714. The SMILES string of the molecule is COc1nc(-c2cccc(-c3cc(F)cc(-c4ccn5c(=O)c(OC)cnc5c4)c3Cl)c2Cl)ccc1C=O. The van der Waals surface area contributed by atoms with Crippen LogP contribution in [0.25, 0.3) is 39.2 Å². The second kappa shape index (κ2) is 10.2.